The minimum absolute atomic E-state index is 0.387. The van der Waals surface area contributed by atoms with Gasteiger partial charge in [0.25, 0.3) is 0 Å². The number of nitrogens with zero attached hydrogens (tertiary/aromatic N) is 3. The van der Waals surface area contributed by atoms with Crippen LogP contribution in [0.3, 0.4) is 0 Å². The van der Waals surface area contributed by atoms with Gasteiger partial charge in [-0.3, -0.25) is 0 Å². The van der Waals surface area contributed by atoms with E-state index in [2.05, 4.69) is 33.2 Å². The molecule has 0 aliphatic carbocycles. The molecule has 0 saturated carbocycles. The van der Waals surface area contributed by atoms with Crippen LogP contribution >= 0.6 is 0 Å². The van der Waals surface area contributed by atoms with Crippen LogP contribution in [0.15, 0.2) is 36.7 Å². The quantitative estimate of drug-likeness (QED) is 0.640. The molecule has 0 radical (unpaired) electrons. The molecule has 3 aromatic rings. The number of rotatable bonds is 5. The van der Waals surface area contributed by atoms with Crippen LogP contribution in [0.2, 0.25) is 0 Å². The van der Waals surface area contributed by atoms with Crippen molar-refractivity contribution in [1.29, 1.82) is 0 Å². The van der Waals surface area contributed by atoms with Gasteiger partial charge in [-0.05, 0) is 43.5 Å². The van der Waals surface area contributed by atoms with E-state index in [0.717, 1.165) is 54.0 Å². The summed E-state index contributed by atoms with van der Waals surface area (Å²) in [6.45, 7) is 3.89. The van der Waals surface area contributed by atoms with Crippen molar-refractivity contribution in [2.24, 2.45) is 0 Å². The number of aromatic nitrogens is 2. The van der Waals surface area contributed by atoms with Crippen molar-refractivity contribution in [3.05, 3.63) is 42.2 Å². The molecule has 3 N–H and O–H groups in total. The van der Waals surface area contributed by atoms with E-state index in [4.69, 9.17) is 15.2 Å². The highest BCUT2D eigenvalue weighted by Crippen LogP contribution is 2.35. The minimum Gasteiger partial charge on any atom is -0.493 e. The first-order chi connectivity index (χ1) is 14.1. The van der Waals surface area contributed by atoms with Gasteiger partial charge in [0, 0.05) is 30.6 Å². The summed E-state index contributed by atoms with van der Waals surface area (Å²) in [4.78, 5) is 11.3. The maximum Gasteiger partial charge on any atom is 0.162 e. The Labute approximate surface area is 170 Å². The number of nitrogens with one attached hydrogen (secondary N) is 1. The van der Waals surface area contributed by atoms with Gasteiger partial charge < -0.3 is 25.4 Å². The van der Waals surface area contributed by atoms with Crippen LogP contribution in [-0.4, -0.2) is 43.3 Å². The Morgan fingerprint density at radius 3 is 2.48 bits per heavy atom. The molecule has 7 heteroatoms. The van der Waals surface area contributed by atoms with E-state index in [1.165, 1.54) is 5.56 Å². The Balaban J connectivity index is 1.52. The second-order valence-electron chi connectivity index (χ2n) is 7.42. The average Bonchev–Trinajstić information content (AvgIpc) is 2.75. The average molecular weight is 393 g/mol. The van der Waals surface area contributed by atoms with Crippen molar-refractivity contribution in [3.63, 3.8) is 0 Å². The number of hydrogen-bond acceptors (Lipinski definition) is 7. The fourth-order valence-corrected chi connectivity index (χ4v) is 3.87. The van der Waals surface area contributed by atoms with E-state index in [1.807, 2.05) is 24.3 Å². The van der Waals surface area contributed by atoms with Crippen LogP contribution in [0.25, 0.3) is 10.9 Å². The third kappa shape index (κ3) is 3.85. The summed E-state index contributed by atoms with van der Waals surface area (Å²) in [7, 11) is 3.27. The molecule has 2 heterocycles. The highest BCUT2D eigenvalue weighted by atomic mass is 16.5. The zero-order valence-corrected chi connectivity index (χ0v) is 17.1. The fraction of sp³-hybridized carbons (Fsp3) is 0.364. The molecule has 1 fully saturated rings. The maximum absolute atomic E-state index is 6.13. The van der Waals surface area contributed by atoms with Crippen LogP contribution in [0.4, 0.5) is 17.2 Å². The molecule has 4 rings (SSSR count). The van der Waals surface area contributed by atoms with Crippen molar-refractivity contribution in [1.82, 2.24) is 9.97 Å². The third-order valence-electron chi connectivity index (χ3n) is 5.48. The number of piperidine rings is 1. The molecule has 152 valence electrons. The summed E-state index contributed by atoms with van der Waals surface area (Å²) >= 11 is 0. The number of anilines is 3. The number of nitrogens with two attached hydrogens (primary N) is 1. The first-order valence-electron chi connectivity index (χ1n) is 9.83. The largest absolute Gasteiger partial charge is 0.493 e. The van der Waals surface area contributed by atoms with E-state index in [1.54, 1.807) is 20.5 Å². The van der Waals surface area contributed by atoms with Crippen LogP contribution in [0, 0.1) is 6.92 Å². The van der Waals surface area contributed by atoms with Gasteiger partial charge in [0.05, 0.1) is 31.1 Å². The zero-order chi connectivity index (χ0) is 20.4. The Bertz CT molecular complexity index is 1020. The molecule has 29 heavy (non-hydrogen) atoms. The van der Waals surface area contributed by atoms with E-state index in [-0.39, 0.29) is 0 Å². The van der Waals surface area contributed by atoms with Crippen molar-refractivity contribution in [3.8, 4) is 11.5 Å². The van der Waals surface area contributed by atoms with E-state index < -0.39 is 0 Å². The Morgan fingerprint density at radius 1 is 1.03 bits per heavy atom. The third-order valence-corrected chi connectivity index (χ3v) is 5.48. The molecule has 7 nitrogen and oxygen atoms in total. The summed E-state index contributed by atoms with van der Waals surface area (Å²) in [5.41, 5.74) is 9.99. The number of nitrogen functional groups attached to an aromatic ring is 1. The maximum atomic E-state index is 6.13. The molecule has 1 aliphatic heterocycles. The smallest absolute Gasteiger partial charge is 0.162 e. The second-order valence-corrected chi connectivity index (χ2v) is 7.42. The fourth-order valence-electron chi connectivity index (χ4n) is 3.87. The number of ether oxygens (including phenoxy) is 2. The molecule has 0 unspecified atom stereocenters. The lowest BCUT2D eigenvalue weighted by Crippen LogP contribution is -2.39. The molecule has 2 aromatic carbocycles. The van der Waals surface area contributed by atoms with Crippen LogP contribution in [0.5, 0.6) is 11.5 Å². The number of aryl methyl sites for hydroxylation is 1. The van der Waals surface area contributed by atoms with Crippen LogP contribution in [-0.2, 0) is 0 Å². The molecular weight excluding hydrogens is 366 g/mol. The van der Waals surface area contributed by atoms with Gasteiger partial charge in [0.1, 0.15) is 12.1 Å². The Kier molecular flexibility index (Phi) is 5.29. The van der Waals surface area contributed by atoms with E-state index >= 15 is 0 Å². The molecule has 0 amide bonds. The lowest BCUT2D eigenvalue weighted by molar-refractivity contribution is 0.355. The lowest BCUT2D eigenvalue weighted by atomic mass is 10.0. The van der Waals surface area contributed by atoms with Gasteiger partial charge in [-0.25, -0.2) is 9.97 Å². The number of fused-ring (bicyclic) bond motifs is 1. The number of benzene rings is 2. The predicted octanol–water partition coefficient (Wildman–Crippen LogP) is 3.62. The highest BCUT2D eigenvalue weighted by molar-refractivity contribution is 5.92. The van der Waals surface area contributed by atoms with Gasteiger partial charge in [-0.1, -0.05) is 6.07 Å². The summed E-state index contributed by atoms with van der Waals surface area (Å²) in [6, 6.07) is 10.3. The molecule has 0 spiro atoms. The van der Waals surface area contributed by atoms with Crippen molar-refractivity contribution < 1.29 is 9.47 Å². The predicted molar refractivity (Wildman–Crippen MR) is 117 cm³/mol. The van der Waals surface area contributed by atoms with Gasteiger partial charge in [-0.2, -0.15) is 0 Å². The van der Waals surface area contributed by atoms with Crippen molar-refractivity contribution in [2.45, 2.75) is 25.8 Å². The summed E-state index contributed by atoms with van der Waals surface area (Å²) < 4.78 is 10.9. The topological polar surface area (TPSA) is 85.5 Å². The number of methoxy groups -OCH3 is 2. The lowest BCUT2D eigenvalue weighted by Gasteiger charge is -2.34. The SMILES string of the molecule is COc1cc2ncnc(N3CCC(Nc4cc(C)ccc4N)CC3)c2cc1OC. The Hall–Kier alpha value is -3.22. The van der Waals surface area contributed by atoms with Crippen molar-refractivity contribution in [2.75, 3.05) is 43.3 Å². The van der Waals surface area contributed by atoms with Crippen LogP contribution in [0.1, 0.15) is 18.4 Å². The monoisotopic (exact) mass is 393 g/mol. The first kappa shape index (κ1) is 19.1. The molecule has 1 aromatic heterocycles. The van der Waals surface area contributed by atoms with Gasteiger partial charge >= 0.3 is 0 Å². The van der Waals surface area contributed by atoms with E-state index in [0.29, 0.717) is 17.5 Å². The second kappa shape index (κ2) is 8.03. The number of hydrogen-bond donors (Lipinski definition) is 2. The summed E-state index contributed by atoms with van der Waals surface area (Å²) in [6.07, 6.45) is 3.62. The molecular formula is C22H27N5O2. The summed E-state index contributed by atoms with van der Waals surface area (Å²) in [5.74, 6) is 2.29. The van der Waals surface area contributed by atoms with Crippen LogP contribution < -0.4 is 25.4 Å². The van der Waals surface area contributed by atoms with Gasteiger partial charge in [-0.15, -0.1) is 0 Å². The molecule has 0 bridgehead atoms. The highest BCUT2D eigenvalue weighted by Gasteiger charge is 2.23. The minimum atomic E-state index is 0.387. The normalized spacial score (nSPS) is 14.8. The van der Waals surface area contributed by atoms with E-state index in [9.17, 15) is 0 Å². The standard InChI is InChI=1S/C22H27N5O2/c1-14-4-5-17(23)19(10-14)26-15-6-8-27(9-7-15)22-16-11-20(28-2)21(29-3)12-18(16)24-13-25-22/h4-5,10-13,15,26H,6-9,23H2,1-3H3. The van der Waals surface area contributed by atoms with Gasteiger partial charge in [0.2, 0.25) is 0 Å². The van der Waals surface area contributed by atoms with Crippen molar-refractivity contribution >= 4 is 28.1 Å². The zero-order valence-electron chi connectivity index (χ0n) is 17.1. The molecule has 0 atom stereocenters. The molecule has 1 saturated heterocycles. The molecule has 1 aliphatic rings. The first-order valence-corrected chi connectivity index (χ1v) is 9.83. The summed E-state index contributed by atoms with van der Waals surface area (Å²) in [5, 5.41) is 4.58. The van der Waals surface area contributed by atoms with Gasteiger partial charge in [0.15, 0.2) is 11.5 Å². The Morgan fingerprint density at radius 2 is 1.76 bits per heavy atom.